The number of hydrogen-bond acceptors (Lipinski definition) is 7. The number of nitrogen functional groups attached to an aromatic ring is 1. The molecule has 2 rings (SSSR count). The van der Waals surface area contributed by atoms with Crippen LogP contribution in [0, 0.1) is 6.92 Å². The van der Waals surface area contributed by atoms with Crippen LogP contribution in [0.15, 0.2) is 27.6 Å². The molecular weight excluding hydrogens is 294 g/mol. The Balaban J connectivity index is 2.26. The molecule has 0 aliphatic rings. The number of benzene rings is 1. The molecule has 1 aromatic heterocycles. The fourth-order valence-electron chi connectivity index (χ4n) is 1.71. The van der Waals surface area contributed by atoms with Crippen LogP contribution in [-0.4, -0.2) is 37.0 Å². The number of sulfonamides is 1. The molecule has 0 atom stereocenters. The van der Waals surface area contributed by atoms with Crippen LogP contribution in [0.25, 0.3) is 0 Å². The first-order chi connectivity index (χ1) is 9.82. The number of nitrogens with one attached hydrogen (secondary N) is 1. The Labute approximate surface area is 123 Å². The fourth-order valence-corrected chi connectivity index (χ4v) is 2.74. The van der Waals surface area contributed by atoms with E-state index in [0.717, 1.165) is 4.31 Å². The van der Waals surface area contributed by atoms with Crippen molar-refractivity contribution < 1.29 is 12.9 Å². The van der Waals surface area contributed by atoms with Gasteiger partial charge in [-0.2, -0.15) is 4.98 Å². The number of aryl methyl sites for hydroxylation is 1. The van der Waals surface area contributed by atoms with E-state index < -0.39 is 10.0 Å². The van der Waals surface area contributed by atoms with Gasteiger partial charge in [-0.1, -0.05) is 11.2 Å². The van der Waals surface area contributed by atoms with Gasteiger partial charge in [0.25, 0.3) is 0 Å². The zero-order valence-corrected chi connectivity index (χ0v) is 12.8. The van der Waals surface area contributed by atoms with Crippen molar-refractivity contribution in [2.45, 2.75) is 18.4 Å². The molecule has 0 aliphatic heterocycles. The number of nitrogens with zero attached hydrogens (tertiary/aromatic N) is 3. The Morgan fingerprint density at radius 1 is 1.38 bits per heavy atom. The third-order valence-electron chi connectivity index (χ3n) is 2.83. The molecule has 8 nitrogen and oxygen atoms in total. The van der Waals surface area contributed by atoms with Gasteiger partial charge in [0.05, 0.1) is 17.9 Å². The normalized spacial score (nSPS) is 11.8. The summed E-state index contributed by atoms with van der Waals surface area (Å²) in [5.41, 5.74) is 6.60. The first-order valence-electron chi connectivity index (χ1n) is 6.16. The van der Waals surface area contributed by atoms with E-state index in [1.54, 1.807) is 19.1 Å². The van der Waals surface area contributed by atoms with E-state index in [-0.39, 0.29) is 17.1 Å². The second kappa shape index (κ2) is 5.70. The minimum absolute atomic E-state index is 0.0572. The molecule has 0 unspecified atom stereocenters. The number of rotatable bonds is 5. The van der Waals surface area contributed by atoms with E-state index in [2.05, 4.69) is 15.5 Å². The summed E-state index contributed by atoms with van der Waals surface area (Å²) >= 11 is 0. The highest BCUT2D eigenvalue weighted by molar-refractivity contribution is 7.89. The molecule has 0 saturated carbocycles. The summed E-state index contributed by atoms with van der Waals surface area (Å²) < 4.78 is 30.3. The van der Waals surface area contributed by atoms with Gasteiger partial charge in [0.15, 0.2) is 5.82 Å². The van der Waals surface area contributed by atoms with Gasteiger partial charge in [-0.15, -0.1) is 0 Å². The van der Waals surface area contributed by atoms with Crippen molar-refractivity contribution in [1.29, 1.82) is 0 Å². The third-order valence-corrected chi connectivity index (χ3v) is 4.70. The molecule has 3 N–H and O–H groups in total. The molecule has 0 bridgehead atoms. The van der Waals surface area contributed by atoms with Crippen molar-refractivity contribution in [2.24, 2.45) is 0 Å². The quantitative estimate of drug-likeness (QED) is 0.786. The van der Waals surface area contributed by atoms with Crippen LogP contribution in [-0.2, 0) is 16.6 Å². The van der Waals surface area contributed by atoms with Gasteiger partial charge < -0.3 is 15.6 Å². The molecule has 0 amide bonds. The van der Waals surface area contributed by atoms with Crippen LogP contribution in [0.1, 0.15) is 11.7 Å². The Morgan fingerprint density at radius 2 is 2.10 bits per heavy atom. The van der Waals surface area contributed by atoms with E-state index in [0.29, 0.717) is 17.4 Å². The van der Waals surface area contributed by atoms with Gasteiger partial charge in [-0.25, -0.2) is 12.7 Å². The van der Waals surface area contributed by atoms with Crippen LogP contribution in [0.4, 0.5) is 11.4 Å². The second-order valence-electron chi connectivity index (χ2n) is 4.59. The van der Waals surface area contributed by atoms with Crippen LogP contribution in [0.3, 0.4) is 0 Å². The van der Waals surface area contributed by atoms with E-state index in [4.69, 9.17) is 10.3 Å². The Hall–Kier alpha value is -2.13. The van der Waals surface area contributed by atoms with Crippen molar-refractivity contribution in [3.05, 3.63) is 29.9 Å². The summed E-state index contributed by atoms with van der Waals surface area (Å²) in [6, 6.07) is 4.78. The Morgan fingerprint density at radius 3 is 2.67 bits per heavy atom. The van der Waals surface area contributed by atoms with Crippen LogP contribution in [0.2, 0.25) is 0 Å². The lowest BCUT2D eigenvalue weighted by molar-refractivity contribution is 0.388. The maximum absolute atomic E-state index is 12.2. The summed E-state index contributed by atoms with van der Waals surface area (Å²) in [5, 5.41) is 6.75. The number of para-hydroxylation sites is 1. The van der Waals surface area contributed by atoms with Crippen molar-refractivity contribution in [3.63, 3.8) is 0 Å². The number of hydrogen-bond donors (Lipinski definition) is 2. The molecule has 114 valence electrons. The zero-order valence-electron chi connectivity index (χ0n) is 12.0. The molecule has 1 aromatic carbocycles. The maximum atomic E-state index is 12.2. The monoisotopic (exact) mass is 311 g/mol. The summed E-state index contributed by atoms with van der Waals surface area (Å²) in [6.07, 6.45) is 0. The first-order valence-corrected chi connectivity index (χ1v) is 7.60. The van der Waals surface area contributed by atoms with Crippen LogP contribution >= 0.6 is 0 Å². The van der Waals surface area contributed by atoms with Gasteiger partial charge in [0.2, 0.25) is 15.9 Å². The third kappa shape index (κ3) is 3.14. The molecule has 21 heavy (non-hydrogen) atoms. The molecule has 0 saturated heterocycles. The summed E-state index contributed by atoms with van der Waals surface area (Å²) in [5.74, 6) is 0.927. The average molecular weight is 311 g/mol. The highest BCUT2D eigenvalue weighted by Crippen LogP contribution is 2.28. The number of anilines is 2. The van der Waals surface area contributed by atoms with Crippen molar-refractivity contribution in [1.82, 2.24) is 14.4 Å². The van der Waals surface area contributed by atoms with Crippen LogP contribution < -0.4 is 11.1 Å². The Bertz CT molecular complexity index is 739. The first kappa shape index (κ1) is 15.3. The zero-order chi connectivity index (χ0) is 15.6. The molecular formula is C12H17N5O3S. The number of aromatic nitrogens is 2. The summed E-state index contributed by atoms with van der Waals surface area (Å²) in [6.45, 7) is 1.97. The lowest BCUT2D eigenvalue weighted by Crippen LogP contribution is -2.23. The highest BCUT2D eigenvalue weighted by Gasteiger charge is 2.21. The van der Waals surface area contributed by atoms with Gasteiger partial charge in [0, 0.05) is 21.0 Å². The van der Waals surface area contributed by atoms with Gasteiger partial charge in [0.1, 0.15) is 4.90 Å². The summed E-state index contributed by atoms with van der Waals surface area (Å²) in [4.78, 5) is 4.10. The average Bonchev–Trinajstić information content (AvgIpc) is 2.83. The van der Waals surface area contributed by atoms with Crippen molar-refractivity contribution in [2.75, 3.05) is 25.1 Å². The minimum Gasteiger partial charge on any atom is -0.396 e. The molecule has 2 aromatic rings. The van der Waals surface area contributed by atoms with E-state index in [1.165, 1.54) is 20.2 Å². The van der Waals surface area contributed by atoms with Gasteiger partial charge in [-0.3, -0.25) is 0 Å². The highest BCUT2D eigenvalue weighted by atomic mass is 32.2. The molecule has 0 aliphatic carbocycles. The molecule has 9 heteroatoms. The standard InChI is InChI=1S/C12H17N5O3S/c1-8-15-11(16-20-8)7-14-9-5-4-6-10(12(9)13)21(18,19)17(2)3/h4-6,14H,7,13H2,1-3H3. The minimum atomic E-state index is -3.59. The second-order valence-corrected chi connectivity index (χ2v) is 6.71. The largest absolute Gasteiger partial charge is 0.396 e. The van der Waals surface area contributed by atoms with Crippen molar-refractivity contribution >= 4 is 21.4 Å². The molecule has 0 fully saturated rings. The van der Waals surface area contributed by atoms with Crippen molar-refractivity contribution in [3.8, 4) is 0 Å². The fraction of sp³-hybridized carbons (Fsp3) is 0.333. The summed E-state index contributed by atoms with van der Waals surface area (Å²) in [7, 11) is -0.680. The lowest BCUT2D eigenvalue weighted by Gasteiger charge is -2.15. The molecule has 0 spiro atoms. The van der Waals surface area contributed by atoms with Gasteiger partial charge >= 0.3 is 0 Å². The predicted octanol–water partition coefficient (Wildman–Crippen LogP) is 0.823. The van der Waals surface area contributed by atoms with E-state index in [1.807, 2.05) is 0 Å². The molecule has 1 heterocycles. The lowest BCUT2D eigenvalue weighted by atomic mass is 10.2. The van der Waals surface area contributed by atoms with Gasteiger partial charge in [-0.05, 0) is 12.1 Å². The Kier molecular flexibility index (Phi) is 4.14. The van der Waals surface area contributed by atoms with E-state index >= 15 is 0 Å². The topological polar surface area (TPSA) is 114 Å². The molecule has 0 radical (unpaired) electrons. The maximum Gasteiger partial charge on any atom is 0.244 e. The van der Waals surface area contributed by atoms with Crippen LogP contribution in [0.5, 0.6) is 0 Å². The number of nitrogens with two attached hydrogens (primary N) is 1. The predicted molar refractivity (Wildman–Crippen MR) is 78.1 cm³/mol. The SMILES string of the molecule is Cc1nc(CNc2cccc(S(=O)(=O)N(C)C)c2N)no1. The van der Waals surface area contributed by atoms with E-state index in [9.17, 15) is 8.42 Å². The smallest absolute Gasteiger partial charge is 0.244 e.